The van der Waals surface area contributed by atoms with E-state index in [9.17, 15) is 4.79 Å². The molecule has 0 fully saturated rings. The molecule has 102 valence electrons. The van der Waals surface area contributed by atoms with Gasteiger partial charge in [-0.2, -0.15) is 0 Å². The first-order valence-corrected chi connectivity index (χ1v) is 8.76. The Morgan fingerprint density at radius 3 is 2.29 bits per heavy atom. The largest absolute Gasteiger partial charge is 0.465 e. The number of hydrogen-bond donors (Lipinski definition) is 1. The highest BCUT2D eigenvalue weighted by molar-refractivity contribution is 8.76. The number of rotatable bonds is 11. The summed E-state index contributed by atoms with van der Waals surface area (Å²) in [5.41, 5.74) is 0. The summed E-state index contributed by atoms with van der Waals surface area (Å²) in [6.45, 7) is 4.87. The van der Waals surface area contributed by atoms with Crippen LogP contribution < -0.4 is 0 Å². The molecule has 0 rings (SSSR count). The molecule has 0 spiro atoms. The first-order valence-electron chi connectivity index (χ1n) is 6.28. The van der Waals surface area contributed by atoms with E-state index in [0.717, 1.165) is 37.2 Å². The summed E-state index contributed by atoms with van der Waals surface area (Å²) in [5, 5.41) is 8.58. The first-order chi connectivity index (χ1) is 8.26. The number of hydrogen-bond acceptors (Lipinski definition) is 5. The predicted octanol–water partition coefficient (Wildman–Crippen LogP) is 3.12. The van der Waals surface area contributed by atoms with E-state index < -0.39 is 0 Å². The average molecular weight is 280 g/mol. The third-order valence-corrected chi connectivity index (χ3v) is 4.63. The highest BCUT2D eigenvalue weighted by Crippen LogP contribution is 2.20. The molecule has 0 aliphatic carbocycles. The molecule has 0 saturated carbocycles. The summed E-state index contributed by atoms with van der Waals surface area (Å²) in [6.07, 6.45) is 3.92. The molecular weight excluding hydrogens is 256 g/mol. The second-order valence-electron chi connectivity index (χ2n) is 3.81. The molecule has 0 saturated heterocycles. The van der Waals surface area contributed by atoms with Gasteiger partial charge in [0, 0.05) is 11.5 Å². The van der Waals surface area contributed by atoms with Crippen molar-refractivity contribution in [3.8, 4) is 0 Å². The Balaban J connectivity index is 3.59. The molecule has 0 aromatic rings. The van der Waals surface area contributed by atoms with E-state index in [1.165, 1.54) is 0 Å². The zero-order valence-corrected chi connectivity index (χ0v) is 12.4. The van der Waals surface area contributed by atoms with Crippen molar-refractivity contribution in [1.82, 2.24) is 0 Å². The van der Waals surface area contributed by atoms with Crippen LogP contribution in [0.5, 0.6) is 0 Å². The van der Waals surface area contributed by atoms with Crippen molar-refractivity contribution in [3.05, 3.63) is 0 Å². The molecule has 0 radical (unpaired) electrons. The minimum absolute atomic E-state index is 0.0403. The Bertz CT molecular complexity index is 183. The van der Waals surface area contributed by atoms with Crippen LogP contribution in [0.25, 0.3) is 0 Å². The van der Waals surface area contributed by atoms with Crippen molar-refractivity contribution in [1.29, 1.82) is 0 Å². The lowest BCUT2D eigenvalue weighted by Crippen LogP contribution is -2.18. The minimum Gasteiger partial charge on any atom is -0.465 e. The average Bonchev–Trinajstić information content (AvgIpc) is 2.33. The van der Waals surface area contributed by atoms with Crippen LogP contribution in [-0.2, 0) is 9.53 Å². The van der Waals surface area contributed by atoms with Gasteiger partial charge >= 0.3 is 5.97 Å². The van der Waals surface area contributed by atoms with E-state index in [-0.39, 0.29) is 18.5 Å². The van der Waals surface area contributed by atoms with Gasteiger partial charge in [-0.3, -0.25) is 4.79 Å². The van der Waals surface area contributed by atoms with Gasteiger partial charge in [-0.15, -0.1) is 0 Å². The van der Waals surface area contributed by atoms with Gasteiger partial charge in [-0.1, -0.05) is 48.3 Å². The molecule has 0 amide bonds. The van der Waals surface area contributed by atoms with Crippen LogP contribution in [0.3, 0.4) is 0 Å². The molecule has 0 bridgehead atoms. The molecule has 0 aliphatic heterocycles. The lowest BCUT2D eigenvalue weighted by molar-refractivity contribution is -0.148. The van der Waals surface area contributed by atoms with Crippen molar-refractivity contribution < 1.29 is 14.6 Å². The Morgan fingerprint density at radius 1 is 1.18 bits per heavy atom. The van der Waals surface area contributed by atoms with Crippen molar-refractivity contribution in [2.45, 2.75) is 39.5 Å². The Hall–Kier alpha value is 0.130. The quantitative estimate of drug-likeness (QED) is 0.358. The van der Waals surface area contributed by atoms with Crippen molar-refractivity contribution in [2.75, 3.05) is 24.7 Å². The second-order valence-corrected chi connectivity index (χ2v) is 6.51. The van der Waals surface area contributed by atoms with Gasteiger partial charge in [0.15, 0.2) is 0 Å². The van der Waals surface area contributed by atoms with Gasteiger partial charge in [0.25, 0.3) is 0 Å². The molecule has 0 aromatic heterocycles. The summed E-state index contributed by atoms with van der Waals surface area (Å²) >= 11 is 0. The van der Waals surface area contributed by atoms with Crippen LogP contribution in [0.1, 0.15) is 39.5 Å². The summed E-state index contributed by atoms with van der Waals surface area (Å²) in [6, 6.07) is 0. The molecule has 0 atom stereocenters. The number of carbonyl (C=O) groups is 1. The number of esters is 1. The Kier molecular flexibility index (Phi) is 12.7. The topological polar surface area (TPSA) is 46.5 Å². The summed E-state index contributed by atoms with van der Waals surface area (Å²) in [4.78, 5) is 11.7. The van der Waals surface area contributed by atoms with E-state index in [1.54, 1.807) is 21.6 Å². The zero-order valence-electron chi connectivity index (χ0n) is 10.8. The molecule has 5 heteroatoms. The van der Waals surface area contributed by atoms with E-state index in [2.05, 4.69) is 13.8 Å². The van der Waals surface area contributed by atoms with Crippen LogP contribution in [0.2, 0.25) is 0 Å². The molecule has 3 nitrogen and oxygen atoms in total. The standard InChI is InChI=1S/C12H24O3S2/c1-3-5-11(6-4-2)12(14)15-8-10-17-16-9-7-13/h11,13H,3-10H2,1-2H3. The van der Waals surface area contributed by atoms with Crippen LogP contribution in [0, 0.1) is 5.92 Å². The maximum atomic E-state index is 11.7. The fourth-order valence-electron chi connectivity index (χ4n) is 1.53. The normalized spacial score (nSPS) is 10.8. The monoisotopic (exact) mass is 280 g/mol. The van der Waals surface area contributed by atoms with Gasteiger partial charge in [0.2, 0.25) is 0 Å². The number of carbonyl (C=O) groups excluding carboxylic acids is 1. The second kappa shape index (κ2) is 12.6. The molecule has 0 unspecified atom stereocenters. The van der Waals surface area contributed by atoms with Gasteiger partial charge in [-0.25, -0.2) is 0 Å². The smallest absolute Gasteiger partial charge is 0.308 e. The Morgan fingerprint density at radius 2 is 1.76 bits per heavy atom. The number of aliphatic hydroxyl groups excluding tert-OH is 1. The fraction of sp³-hybridized carbons (Fsp3) is 0.917. The van der Waals surface area contributed by atoms with Crippen molar-refractivity contribution in [2.24, 2.45) is 5.92 Å². The fourth-order valence-corrected chi connectivity index (χ4v) is 3.12. The van der Waals surface area contributed by atoms with Crippen molar-refractivity contribution >= 4 is 27.6 Å². The molecule has 0 aliphatic rings. The molecular formula is C12H24O3S2. The van der Waals surface area contributed by atoms with Crippen molar-refractivity contribution in [3.63, 3.8) is 0 Å². The predicted molar refractivity (Wildman–Crippen MR) is 76.3 cm³/mol. The molecule has 17 heavy (non-hydrogen) atoms. The lowest BCUT2D eigenvalue weighted by atomic mass is 9.99. The van der Waals surface area contributed by atoms with E-state index >= 15 is 0 Å². The van der Waals surface area contributed by atoms with Crippen LogP contribution in [0.4, 0.5) is 0 Å². The number of ether oxygens (including phenoxy) is 1. The van der Waals surface area contributed by atoms with Gasteiger partial charge in [0.1, 0.15) is 6.61 Å². The third-order valence-electron chi connectivity index (χ3n) is 2.28. The lowest BCUT2D eigenvalue weighted by Gasteiger charge is -2.14. The molecule has 0 aromatic carbocycles. The first kappa shape index (κ1) is 17.1. The summed E-state index contributed by atoms with van der Waals surface area (Å²) in [5.74, 6) is 1.57. The Labute approximate surface area is 112 Å². The van der Waals surface area contributed by atoms with Crippen LogP contribution in [0.15, 0.2) is 0 Å². The third kappa shape index (κ3) is 9.80. The summed E-state index contributed by atoms with van der Waals surface area (Å²) < 4.78 is 5.25. The molecule has 1 N–H and O–H groups in total. The van der Waals surface area contributed by atoms with Crippen LogP contribution >= 0.6 is 21.6 Å². The SMILES string of the molecule is CCCC(CCC)C(=O)OCCSSCCO. The highest BCUT2D eigenvalue weighted by atomic mass is 33.1. The molecule has 0 heterocycles. The van der Waals surface area contributed by atoms with Gasteiger partial charge in [0.05, 0.1) is 12.5 Å². The number of aliphatic hydroxyl groups is 1. The summed E-state index contributed by atoms with van der Waals surface area (Å²) in [7, 11) is 3.25. The van der Waals surface area contributed by atoms with Crippen LogP contribution in [-0.4, -0.2) is 35.8 Å². The van der Waals surface area contributed by atoms with E-state index in [0.29, 0.717) is 6.61 Å². The maximum Gasteiger partial charge on any atom is 0.308 e. The van der Waals surface area contributed by atoms with E-state index in [4.69, 9.17) is 9.84 Å². The van der Waals surface area contributed by atoms with Gasteiger partial charge in [-0.05, 0) is 12.8 Å². The highest BCUT2D eigenvalue weighted by Gasteiger charge is 2.17. The minimum atomic E-state index is -0.0403. The zero-order chi connectivity index (χ0) is 12.9. The maximum absolute atomic E-state index is 11.7. The van der Waals surface area contributed by atoms with Gasteiger partial charge < -0.3 is 9.84 Å². The van der Waals surface area contributed by atoms with E-state index in [1.807, 2.05) is 0 Å².